The van der Waals surface area contributed by atoms with Gasteiger partial charge in [-0.3, -0.25) is 4.79 Å². The molecular formula is C9H10N4O. The van der Waals surface area contributed by atoms with Gasteiger partial charge in [0.15, 0.2) is 0 Å². The van der Waals surface area contributed by atoms with E-state index in [4.69, 9.17) is 5.26 Å². The molecule has 5 nitrogen and oxygen atoms in total. The van der Waals surface area contributed by atoms with E-state index in [1.54, 1.807) is 6.07 Å². The molecule has 0 bridgehead atoms. The maximum Gasteiger partial charge on any atom is 0.254 e. The highest BCUT2D eigenvalue weighted by molar-refractivity contribution is 5.81. The van der Waals surface area contributed by atoms with Crippen LogP contribution >= 0.6 is 0 Å². The molecule has 1 aromatic rings. The van der Waals surface area contributed by atoms with E-state index < -0.39 is 5.91 Å². The van der Waals surface area contributed by atoms with Crippen molar-refractivity contribution in [3.63, 3.8) is 0 Å². The van der Waals surface area contributed by atoms with Gasteiger partial charge in [0, 0.05) is 13.2 Å². The Balaban J connectivity index is 2.46. The first-order chi connectivity index (χ1) is 6.74. The van der Waals surface area contributed by atoms with Gasteiger partial charge in [-0.15, -0.1) is 0 Å². The second-order valence-corrected chi connectivity index (χ2v) is 2.67. The SMILES string of the molecule is Cn1cccc1/C=N\NC(=O)CC#N. The fraction of sp³-hybridized carbons (Fsp3) is 0.222. The number of rotatable bonds is 3. The van der Waals surface area contributed by atoms with Crippen LogP contribution in [0.25, 0.3) is 0 Å². The van der Waals surface area contributed by atoms with E-state index in [1.165, 1.54) is 6.21 Å². The van der Waals surface area contributed by atoms with E-state index >= 15 is 0 Å². The molecule has 0 spiro atoms. The smallest absolute Gasteiger partial charge is 0.254 e. The van der Waals surface area contributed by atoms with Crippen molar-refractivity contribution >= 4 is 12.1 Å². The quantitative estimate of drug-likeness (QED) is 0.553. The second-order valence-electron chi connectivity index (χ2n) is 2.67. The van der Waals surface area contributed by atoms with Gasteiger partial charge in [0.1, 0.15) is 6.42 Å². The number of hydrogen-bond acceptors (Lipinski definition) is 3. The van der Waals surface area contributed by atoms with Crippen LogP contribution in [0, 0.1) is 11.3 Å². The minimum atomic E-state index is -0.405. The monoisotopic (exact) mass is 190 g/mol. The van der Waals surface area contributed by atoms with Crippen LogP contribution < -0.4 is 5.43 Å². The number of hydrazone groups is 1. The van der Waals surface area contributed by atoms with Crippen LogP contribution in [0.3, 0.4) is 0 Å². The first-order valence-electron chi connectivity index (χ1n) is 4.04. The molecule has 0 radical (unpaired) electrons. The van der Waals surface area contributed by atoms with Crippen molar-refractivity contribution in [2.24, 2.45) is 12.1 Å². The first kappa shape index (κ1) is 9.99. The van der Waals surface area contributed by atoms with Crippen molar-refractivity contribution in [3.05, 3.63) is 24.0 Å². The van der Waals surface area contributed by atoms with Crippen LogP contribution in [0.1, 0.15) is 12.1 Å². The number of carbonyl (C=O) groups is 1. The number of amides is 1. The number of hydrogen-bond donors (Lipinski definition) is 1. The zero-order valence-electron chi connectivity index (χ0n) is 7.77. The lowest BCUT2D eigenvalue weighted by Crippen LogP contribution is -2.16. The maximum absolute atomic E-state index is 10.8. The third-order valence-corrected chi connectivity index (χ3v) is 1.61. The Morgan fingerprint density at radius 2 is 2.64 bits per heavy atom. The molecule has 1 aromatic heterocycles. The standard InChI is InChI=1S/C9H10N4O/c1-13-6-2-3-8(13)7-11-12-9(14)4-5-10/h2-3,6-7H,4H2,1H3,(H,12,14)/b11-7-. The molecule has 1 rings (SSSR count). The van der Waals surface area contributed by atoms with Crippen LogP contribution in [0.15, 0.2) is 23.4 Å². The highest BCUT2D eigenvalue weighted by Crippen LogP contribution is 1.94. The Morgan fingerprint density at radius 1 is 1.86 bits per heavy atom. The summed E-state index contributed by atoms with van der Waals surface area (Å²) < 4.78 is 1.86. The van der Waals surface area contributed by atoms with Crippen LogP contribution in [0.4, 0.5) is 0 Å². The fourth-order valence-electron chi connectivity index (χ4n) is 0.890. The molecular weight excluding hydrogens is 180 g/mol. The molecule has 0 aromatic carbocycles. The molecule has 0 aliphatic carbocycles. The highest BCUT2D eigenvalue weighted by Gasteiger charge is 1.96. The molecule has 0 aliphatic rings. The second kappa shape index (κ2) is 4.82. The van der Waals surface area contributed by atoms with Crippen LogP contribution in [0.2, 0.25) is 0 Å². The highest BCUT2D eigenvalue weighted by atomic mass is 16.2. The van der Waals surface area contributed by atoms with E-state index in [-0.39, 0.29) is 6.42 Å². The number of nitrogens with zero attached hydrogens (tertiary/aromatic N) is 3. The summed E-state index contributed by atoms with van der Waals surface area (Å²) in [4.78, 5) is 10.8. The Hall–Kier alpha value is -2.09. The van der Waals surface area contributed by atoms with E-state index in [0.717, 1.165) is 5.69 Å². The Bertz CT molecular complexity index is 386. The number of nitriles is 1. The minimum absolute atomic E-state index is 0.176. The summed E-state index contributed by atoms with van der Waals surface area (Å²) >= 11 is 0. The van der Waals surface area contributed by atoms with Gasteiger partial charge in [-0.05, 0) is 12.1 Å². The lowest BCUT2D eigenvalue weighted by molar-refractivity contribution is -0.120. The lowest BCUT2D eigenvalue weighted by atomic mass is 10.4. The van der Waals surface area contributed by atoms with E-state index in [0.29, 0.717) is 0 Å². The molecule has 1 heterocycles. The number of carbonyl (C=O) groups excluding carboxylic acids is 1. The third-order valence-electron chi connectivity index (χ3n) is 1.61. The summed E-state index contributed by atoms with van der Waals surface area (Å²) in [5.41, 5.74) is 3.12. The molecule has 0 fully saturated rings. The van der Waals surface area contributed by atoms with Gasteiger partial charge in [-0.25, -0.2) is 5.43 Å². The van der Waals surface area contributed by atoms with Crippen LogP contribution in [0.5, 0.6) is 0 Å². The number of nitrogens with one attached hydrogen (secondary N) is 1. The van der Waals surface area contributed by atoms with Gasteiger partial charge < -0.3 is 4.57 Å². The van der Waals surface area contributed by atoms with Gasteiger partial charge in [-0.1, -0.05) is 0 Å². The molecule has 1 amide bonds. The molecule has 0 saturated heterocycles. The van der Waals surface area contributed by atoms with Crippen molar-refractivity contribution < 1.29 is 4.79 Å². The predicted molar refractivity (Wildman–Crippen MR) is 51.4 cm³/mol. The Morgan fingerprint density at radius 3 is 3.21 bits per heavy atom. The van der Waals surface area contributed by atoms with Crippen molar-refractivity contribution in [2.75, 3.05) is 0 Å². The van der Waals surface area contributed by atoms with Gasteiger partial charge >= 0.3 is 0 Å². The largest absolute Gasteiger partial charge is 0.350 e. The zero-order valence-corrected chi connectivity index (χ0v) is 7.77. The van der Waals surface area contributed by atoms with E-state index in [1.807, 2.05) is 29.9 Å². The van der Waals surface area contributed by atoms with Gasteiger partial charge in [-0.2, -0.15) is 10.4 Å². The summed E-state index contributed by atoms with van der Waals surface area (Å²) in [7, 11) is 1.87. The summed E-state index contributed by atoms with van der Waals surface area (Å²) in [6.45, 7) is 0. The maximum atomic E-state index is 10.8. The normalized spacial score (nSPS) is 10.0. The topological polar surface area (TPSA) is 70.2 Å². The van der Waals surface area contributed by atoms with E-state index in [9.17, 15) is 4.79 Å². The third kappa shape index (κ3) is 2.75. The van der Waals surface area contributed by atoms with E-state index in [2.05, 4.69) is 10.5 Å². The average molecular weight is 190 g/mol. The molecule has 72 valence electrons. The summed E-state index contributed by atoms with van der Waals surface area (Å²) in [6.07, 6.45) is 3.22. The zero-order chi connectivity index (χ0) is 10.4. The molecule has 5 heteroatoms. The molecule has 0 aliphatic heterocycles. The van der Waals surface area contributed by atoms with Gasteiger partial charge in [0.05, 0.1) is 18.0 Å². The fourth-order valence-corrected chi connectivity index (χ4v) is 0.890. The average Bonchev–Trinajstić information content (AvgIpc) is 2.52. The summed E-state index contributed by atoms with van der Waals surface area (Å²) in [6, 6.07) is 5.47. The van der Waals surface area contributed by atoms with Crippen LogP contribution in [-0.4, -0.2) is 16.7 Å². The first-order valence-corrected chi connectivity index (χ1v) is 4.04. The Kier molecular flexibility index (Phi) is 3.44. The van der Waals surface area contributed by atoms with Crippen molar-refractivity contribution in [3.8, 4) is 6.07 Å². The molecule has 0 atom stereocenters. The molecule has 1 N–H and O–H groups in total. The van der Waals surface area contributed by atoms with Crippen molar-refractivity contribution in [1.29, 1.82) is 5.26 Å². The number of aryl methyl sites for hydroxylation is 1. The molecule has 14 heavy (non-hydrogen) atoms. The predicted octanol–water partition coefficient (Wildman–Crippen LogP) is 0.389. The van der Waals surface area contributed by atoms with Gasteiger partial charge in [0.2, 0.25) is 0 Å². The van der Waals surface area contributed by atoms with Crippen LogP contribution in [-0.2, 0) is 11.8 Å². The molecule has 0 saturated carbocycles. The summed E-state index contributed by atoms with van der Waals surface area (Å²) in [5.74, 6) is -0.405. The lowest BCUT2D eigenvalue weighted by Gasteiger charge is -1.95. The Labute approximate surface area is 81.6 Å². The van der Waals surface area contributed by atoms with Crippen molar-refractivity contribution in [1.82, 2.24) is 9.99 Å². The summed E-state index contributed by atoms with van der Waals surface area (Å²) in [5, 5.41) is 11.9. The van der Waals surface area contributed by atoms with Gasteiger partial charge in [0.25, 0.3) is 5.91 Å². The molecule has 0 unspecified atom stereocenters. The minimum Gasteiger partial charge on any atom is -0.350 e. The van der Waals surface area contributed by atoms with Crippen molar-refractivity contribution in [2.45, 2.75) is 6.42 Å². The number of aromatic nitrogens is 1.